The zero-order chi connectivity index (χ0) is 26.9. The Labute approximate surface area is 217 Å². The number of ketones is 2. The summed E-state index contributed by atoms with van der Waals surface area (Å²) >= 11 is 0. The highest BCUT2D eigenvalue weighted by Crippen LogP contribution is 2.70. The molecule has 4 rings (SSSR count). The maximum absolute atomic E-state index is 12.9. The summed E-state index contributed by atoms with van der Waals surface area (Å²) in [5.74, 6) is -0.201. The van der Waals surface area contributed by atoms with Gasteiger partial charge in [-0.3, -0.25) is 14.4 Å². The van der Waals surface area contributed by atoms with Gasteiger partial charge in [0.1, 0.15) is 6.07 Å². The highest BCUT2D eigenvalue weighted by Gasteiger charge is 2.63. The molecule has 0 heterocycles. The molecule has 0 bridgehead atoms. The third-order valence-corrected chi connectivity index (χ3v) is 11.6. The number of primary amides is 1. The number of hydrogen-bond acceptors (Lipinski definition) is 4. The summed E-state index contributed by atoms with van der Waals surface area (Å²) in [6, 6.07) is 2.14. The lowest BCUT2D eigenvalue weighted by molar-refractivity contribution is -0.149. The van der Waals surface area contributed by atoms with Crippen molar-refractivity contribution < 1.29 is 14.4 Å². The summed E-state index contributed by atoms with van der Waals surface area (Å²) < 4.78 is 0. The first-order chi connectivity index (χ1) is 16.6. The molecule has 4 aliphatic rings. The number of nitrogens with two attached hydrogens (primary N) is 1. The van der Waals surface area contributed by atoms with Crippen molar-refractivity contribution in [3.05, 3.63) is 23.3 Å². The van der Waals surface area contributed by atoms with Crippen LogP contribution in [0.4, 0.5) is 0 Å². The lowest BCUT2D eigenvalue weighted by atomic mass is 9.40. The first-order valence-electron chi connectivity index (χ1n) is 13.8. The lowest BCUT2D eigenvalue weighted by Gasteiger charge is -2.64. The zero-order valence-corrected chi connectivity index (χ0v) is 23.3. The average Bonchev–Trinajstić information content (AvgIpc) is 2.78. The highest BCUT2D eigenvalue weighted by molar-refractivity contribution is 6.02. The van der Waals surface area contributed by atoms with Crippen molar-refractivity contribution in [3.63, 3.8) is 0 Å². The van der Waals surface area contributed by atoms with E-state index in [0.717, 1.165) is 56.9 Å². The van der Waals surface area contributed by atoms with Crippen LogP contribution in [0.1, 0.15) is 99.8 Å². The molecule has 1 amide bonds. The second-order valence-corrected chi connectivity index (χ2v) is 14.1. The standard InChI is InChI=1S/C31H44N2O3/c1-19(34)14-24-29(6)15-21(18-32)25(35)20(2)23(29)8-9-30(24,7)28(5)11-13-31(26(33)36)12-10-27(3,4)16-22(31)17-28/h14-15,20,22-23H,8-13,16-17H2,1-7H3,(H2,33,36)/b24-14-/t20-,22?,23-,28+,29-,30+,31-/m0/s1. The third-order valence-electron chi connectivity index (χ3n) is 11.6. The number of nitrogens with zero attached hydrogens (tertiary/aromatic N) is 1. The number of rotatable bonds is 3. The number of amides is 1. The maximum Gasteiger partial charge on any atom is 0.223 e. The van der Waals surface area contributed by atoms with Crippen molar-refractivity contribution in [3.8, 4) is 6.07 Å². The third kappa shape index (κ3) is 3.74. The van der Waals surface area contributed by atoms with Crippen LogP contribution in [0.5, 0.6) is 0 Å². The molecule has 196 valence electrons. The monoisotopic (exact) mass is 492 g/mol. The molecular weight excluding hydrogens is 448 g/mol. The van der Waals surface area contributed by atoms with Gasteiger partial charge in [0, 0.05) is 11.3 Å². The van der Waals surface area contributed by atoms with Crippen molar-refractivity contribution >= 4 is 17.5 Å². The summed E-state index contributed by atoms with van der Waals surface area (Å²) in [5.41, 5.74) is 6.15. The number of carbonyl (C=O) groups excluding carboxylic acids is 3. The van der Waals surface area contributed by atoms with E-state index in [1.165, 1.54) is 0 Å². The smallest absolute Gasteiger partial charge is 0.223 e. The van der Waals surface area contributed by atoms with E-state index < -0.39 is 10.8 Å². The molecule has 0 aromatic rings. The van der Waals surface area contributed by atoms with Gasteiger partial charge in [0.05, 0.1) is 11.0 Å². The number of allylic oxidation sites excluding steroid dienone is 4. The zero-order valence-electron chi connectivity index (χ0n) is 23.3. The molecule has 0 spiro atoms. The minimum atomic E-state index is -0.538. The SMILES string of the molecule is CC(=O)/C=C1/[C@@]2(C)C=C(C#N)C(=O)[C@@H](C)[C@@H]2CC[C@@]1(C)[C@]1(C)CC[C@@]2(C(N)=O)CCC(C)(C)CC2C1. The van der Waals surface area contributed by atoms with Crippen LogP contribution < -0.4 is 5.73 Å². The van der Waals surface area contributed by atoms with Gasteiger partial charge < -0.3 is 5.73 Å². The lowest BCUT2D eigenvalue weighted by Crippen LogP contribution is -2.58. The highest BCUT2D eigenvalue weighted by atomic mass is 16.1. The van der Waals surface area contributed by atoms with Crippen molar-refractivity contribution in [1.82, 2.24) is 0 Å². The van der Waals surface area contributed by atoms with Gasteiger partial charge in [-0.2, -0.15) is 5.26 Å². The molecule has 0 aromatic heterocycles. The Morgan fingerprint density at radius 2 is 1.69 bits per heavy atom. The summed E-state index contributed by atoms with van der Waals surface area (Å²) in [6.07, 6.45) is 10.9. The van der Waals surface area contributed by atoms with Gasteiger partial charge in [0.15, 0.2) is 11.6 Å². The molecule has 3 fully saturated rings. The first kappa shape index (κ1) is 26.8. The van der Waals surface area contributed by atoms with E-state index in [-0.39, 0.29) is 57.0 Å². The molecule has 2 N–H and O–H groups in total. The Bertz CT molecular complexity index is 1110. The van der Waals surface area contributed by atoms with Crippen LogP contribution in [-0.2, 0) is 14.4 Å². The predicted octanol–water partition coefficient (Wildman–Crippen LogP) is 6.08. The molecule has 0 aromatic carbocycles. The first-order valence-corrected chi connectivity index (χ1v) is 13.8. The van der Waals surface area contributed by atoms with Gasteiger partial charge in [-0.25, -0.2) is 0 Å². The van der Waals surface area contributed by atoms with E-state index in [2.05, 4.69) is 40.7 Å². The van der Waals surface area contributed by atoms with Gasteiger partial charge in [0.25, 0.3) is 0 Å². The van der Waals surface area contributed by atoms with Gasteiger partial charge in [-0.15, -0.1) is 0 Å². The minimum Gasteiger partial charge on any atom is -0.369 e. The Morgan fingerprint density at radius 3 is 2.28 bits per heavy atom. The molecule has 0 aliphatic heterocycles. The van der Waals surface area contributed by atoms with Gasteiger partial charge >= 0.3 is 0 Å². The maximum atomic E-state index is 12.9. The second-order valence-electron chi connectivity index (χ2n) is 14.1. The molecule has 5 heteroatoms. The molecule has 0 saturated heterocycles. The quantitative estimate of drug-likeness (QED) is 0.482. The van der Waals surface area contributed by atoms with E-state index in [0.29, 0.717) is 0 Å². The number of fused-ring (bicyclic) bond motifs is 2. The van der Waals surface area contributed by atoms with Crippen molar-refractivity contribution in [2.45, 2.75) is 99.8 Å². The average molecular weight is 493 g/mol. The molecule has 0 radical (unpaired) electrons. The fourth-order valence-corrected chi connectivity index (χ4v) is 9.08. The molecular formula is C31H44N2O3. The second kappa shape index (κ2) is 8.40. The van der Waals surface area contributed by atoms with Gasteiger partial charge in [-0.05, 0) is 92.4 Å². The van der Waals surface area contributed by atoms with Crippen LogP contribution in [-0.4, -0.2) is 17.5 Å². The van der Waals surface area contributed by atoms with Crippen molar-refractivity contribution in [2.75, 3.05) is 0 Å². The Hall–Kier alpha value is -2.22. The van der Waals surface area contributed by atoms with Crippen LogP contribution in [0, 0.1) is 56.2 Å². The molecule has 7 atom stereocenters. The number of Topliss-reactive ketones (excluding diaryl/α,β-unsaturated/α-hetero) is 1. The topological polar surface area (TPSA) is 101 Å². The molecule has 1 unspecified atom stereocenters. The van der Waals surface area contributed by atoms with E-state index >= 15 is 0 Å². The Kier molecular flexibility index (Phi) is 6.26. The molecule has 3 saturated carbocycles. The Morgan fingerprint density at radius 1 is 1.06 bits per heavy atom. The van der Waals surface area contributed by atoms with E-state index in [1.54, 1.807) is 6.92 Å². The predicted molar refractivity (Wildman–Crippen MR) is 140 cm³/mol. The van der Waals surface area contributed by atoms with E-state index in [4.69, 9.17) is 5.73 Å². The number of carbonyl (C=O) groups is 3. The minimum absolute atomic E-state index is 0.000692. The van der Waals surface area contributed by atoms with Crippen LogP contribution in [0.25, 0.3) is 0 Å². The van der Waals surface area contributed by atoms with Gasteiger partial charge in [0.2, 0.25) is 5.91 Å². The van der Waals surface area contributed by atoms with Gasteiger partial charge in [-0.1, -0.05) is 53.2 Å². The van der Waals surface area contributed by atoms with Crippen LogP contribution in [0.2, 0.25) is 0 Å². The molecule has 4 aliphatic carbocycles. The number of hydrogen-bond donors (Lipinski definition) is 1. The molecule has 36 heavy (non-hydrogen) atoms. The largest absolute Gasteiger partial charge is 0.369 e. The molecule has 5 nitrogen and oxygen atoms in total. The fourth-order valence-electron chi connectivity index (χ4n) is 9.08. The summed E-state index contributed by atoms with van der Waals surface area (Å²) in [7, 11) is 0. The van der Waals surface area contributed by atoms with E-state index in [9.17, 15) is 19.6 Å². The normalized spacial score (nSPS) is 45.2. The fraction of sp³-hybridized carbons (Fsp3) is 0.742. The van der Waals surface area contributed by atoms with Crippen LogP contribution in [0.3, 0.4) is 0 Å². The summed E-state index contributed by atoms with van der Waals surface area (Å²) in [4.78, 5) is 38.4. The van der Waals surface area contributed by atoms with Crippen molar-refractivity contribution in [1.29, 1.82) is 5.26 Å². The number of nitriles is 1. The Balaban J connectivity index is 1.83. The summed E-state index contributed by atoms with van der Waals surface area (Å²) in [5, 5.41) is 9.77. The van der Waals surface area contributed by atoms with E-state index in [1.807, 2.05) is 19.1 Å². The van der Waals surface area contributed by atoms with Crippen LogP contribution in [0.15, 0.2) is 23.3 Å². The van der Waals surface area contributed by atoms with Crippen molar-refractivity contribution in [2.24, 2.45) is 50.6 Å². The summed E-state index contributed by atoms with van der Waals surface area (Å²) in [6.45, 7) is 14.9. The van der Waals surface area contributed by atoms with Crippen LogP contribution >= 0.6 is 0 Å².